The first-order valence-electron chi connectivity index (χ1n) is 6.30. The van der Waals surface area contributed by atoms with E-state index in [1.807, 2.05) is 20.8 Å². The van der Waals surface area contributed by atoms with Gasteiger partial charge in [-0.15, -0.1) is 0 Å². The molecule has 0 unspecified atom stereocenters. The number of nitrogens with one attached hydrogen (secondary N) is 1. The van der Waals surface area contributed by atoms with Crippen LogP contribution in [0.3, 0.4) is 0 Å². The van der Waals surface area contributed by atoms with E-state index in [0.717, 1.165) is 5.56 Å². The van der Waals surface area contributed by atoms with E-state index in [2.05, 4.69) is 4.72 Å². The predicted octanol–water partition coefficient (Wildman–Crippen LogP) is 2.44. The van der Waals surface area contributed by atoms with Gasteiger partial charge in [-0.2, -0.15) is 0 Å². The Bertz CT molecular complexity index is 531. The molecule has 0 amide bonds. The molecule has 3 N–H and O–H groups in total. The van der Waals surface area contributed by atoms with Crippen molar-refractivity contribution in [3.05, 3.63) is 28.8 Å². The van der Waals surface area contributed by atoms with Crippen molar-refractivity contribution in [2.75, 3.05) is 6.54 Å². The number of hydrogen-bond donors (Lipinski definition) is 2. The van der Waals surface area contributed by atoms with Crippen LogP contribution in [0.15, 0.2) is 23.1 Å². The molecule has 19 heavy (non-hydrogen) atoms. The van der Waals surface area contributed by atoms with Gasteiger partial charge in [0.2, 0.25) is 10.0 Å². The van der Waals surface area contributed by atoms with Crippen LogP contribution in [0.25, 0.3) is 0 Å². The van der Waals surface area contributed by atoms with Gasteiger partial charge in [0.05, 0.1) is 5.02 Å². The van der Waals surface area contributed by atoms with Gasteiger partial charge in [0.15, 0.2) is 0 Å². The van der Waals surface area contributed by atoms with E-state index in [-0.39, 0.29) is 16.5 Å². The minimum absolute atomic E-state index is 0.0968. The van der Waals surface area contributed by atoms with E-state index in [9.17, 15) is 8.42 Å². The molecule has 1 aromatic rings. The Labute approximate surface area is 120 Å². The molecular formula is C13H21ClN2O2S. The van der Waals surface area contributed by atoms with Gasteiger partial charge >= 0.3 is 0 Å². The highest BCUT2D eigenvalue weighted by Crippen LogP contribution is 2.25. The van der Waals surface area contributed by atoms with Crippen molar-refractivity contribution < 1.29 is 8.42 Å². The second-order valence-electron chi connectivity index (χ2n) is 4.73. The van der Waals surface area contributed by atoms with Crippen molar-refractivity contribution in [3.8, 4) is 0 Å². The number of rotatable bonds is 6. The summed E-state index contributed by atoms with van der Waals surface area (Å²) in [5.41, 5.74) is 6.01. The molecular weight excluding hydrogens is 284 g/mol. The van der Waals surface area contributed by atoms with Crippen LogP contribution < -0.4 is 10.5 Å². The summed E-state index contributed by atoms with van der Waals surface area (Å²) in [4.78, 5) is 0.0968. The van der Waals surface area contributed by atoms with Crippen LogP contribution in [-0.2, 0) is 10.0 Å². The normalized spacial score (nSPS) is 12.7. The van der Waals surface area contributed by atoms with Gasteiger partial charge in [-0.05, 0) is 37.5 Å². The highest BCUT2D eigenvalue weighted by Gasteiger charge is 2.31. The van der Waals surface area contributed by atoms with E-state index in [1.165, 1.54) is 6.07 Å². The molecule has 1 aromatic carbocycles. The lowest BCUT2D eigenvalue weighted by atomic mass is 9.95. The summed E-state index contributed by atoms with van der Waals surface area (Å²) in [6, 6.07) is 4.88. The van der Waals surface area contributed by atoms with Crippen molar-refractivity contribution in [1.29, 1.82) is 0 Å². The van der Waals surface area contributed by atoms with Crippen molar-refractivity contribution in [3.63, 3.8) is 0 Å². The van der Waals surface area contributed by atoms with Gasteiger partial charge in [0.1, 0.15) is 4.90 Å². The van der Waals surface area contributed by atoms with E-state index in [4.69, 9.17) is 17.3 Å². The molecule has 0 aromatic heterocycles. The van der Waals surface area contributed by atoms with E-state index < -0.39 is 15.6 Å². The Morgan fingerprint density at radius 1 is 1.32 bits per heavy atom. The molecule has 0 radical (unpaired) electrons. The molecule has 6 heteroatoms. The number of nitrogens with two attached hydrogens (primary N) is 1. The third kappa shape index (κ3) is 3.69. The Morgan fingerprint density at radius 2 is 1.89 bits per heavy atom. The Morgan fingerprint density at radius 3 is 2.32 bits per heavy atom. The molecule has 0 aliphatic heterocycles. The number of sulfonamides is 1. The van der Waals surface area contributed by atoms with Gasteiger partial charge in [0, 0.05) is 12.1 Å². The summed E-state index contributed by atoms with van der Waals surface area (Å²) in [5.74, 6) is 0. The van der Waals surface area contributed by atoms with E-state index >= 15 is 0 Å². The SMILES string of the molecule is CCC(CC)(CN)NS(=O)(=O)c1ccc(C)cc1Cl. The molecule has 0 bridgehead atoms. The minimum Gasteiger partial charge on any atom is -0.329 e. The molecule has 108 valence electrons. The lowest BCUT2D eigenvalue weighted by molar-refractivity contribution is 0.363. The minimum atomic E-state index is -3.66. The quantitative estimate of drug-likeness (QED) is 0.848. The summed E-state index contributed by atoms with van der Waals surface area (Å²) < 4.78 is 27.5. The average Bonchev–Trinajstić information content (AvgIpc) is 2.35. The standard InChI is InChI=1S/C13H21ClN2O2S/c1-4-13(5-2,9-15)16-19(17,18)12-7-6-10(3)8-11(12)14/h6-8,16H,4-5,9,15H2,1-3H3. The van der Waals surface area contributed by atoms with Crippen LogP contribution in [0.4, 0.5) is 0 Å². The van der Waals surface area contributed by atoms with E-state index in [1.54, 1.807) is 12.1 Å². The van der Waals surface area contributed by atoms with Crippen LogP contribution in [0, 0.1) is 6.92 Å². The maximum atomic E-state index is 12.4. The maximum absolute atomic E-state index is 12.4. The summed E-state index contributed by atoms with van der Waals surface area (Å²) in [6.45, 7) is 5.94. The van der Waals surface area contributed by atoms with Crippen molar-refractivity contribution in [1.82, 2.24) is 4.72 Å². The zero-order chi connectivity index (χ0) is 14.7. The van der Waals surface area contributed by atoms with Crippen LogP contribution >= 0.6 is 11.6 Å². The summed E-state index contributed by atoms with van der Waals surface area (Å²) in [6.07, 6.45) is 1.26. The fraction of sp³-hybridized carbons (Fsp3) is 0.538. The fourth-order valence-corrected chi connectivity index (χ4v) is 4.04. The van der Waals surface area contributed by atoms with E-state index in [0.29, 0.717) is 12.8 Å². The summed E-state index contributed by atoms with van der Waals surface area (Å²) >= 11 is 6.02. The molecule has 0 fully saturated rings. The van der Waals surface area contributed by atoms with Gasteiger partial charge < -0.3 is 5.73 Å². The molecule has 0 saturated carbocycles. The third-order valence-corrected chi connectivity index (χ3v) is 5.53. The van der Waals surface area contributed by atoms with Crippen LogP contribution in [0.2, 0.25) is 5.02 Å². The van der Waals surface area contributed by atoms with Gasteiger partial charge in [-0.3, -0.25) is 0 Å². The maximum Gasteiger partial charge on any atom is 0.242 e. The molecule has 0 saturated heterocycles. The third-order valence-electron chi connectivity index (χ3n) is 3.47. The van der Waals surface area contributed by atoms with Crippen molar-refractivity contribution in [2.45, 2.75) is 44.0 Å². The zero-order valence-electron chi connectivity index (χ0n) is 11.5. The van der Waals surface area contributed by atoms with Crippen LogP contribution in [-0.4, -0.2) is 20.5 Å². The number of aryl methyl sites for hydroxylation is 1. The monoisotopic (exact) mass is 304 g/mol. The Kier molecular flexibility index (Phi) is 5.38. The van der Waals surface area contributed by atoms with Crippen LogP contribution in [0.1, 0.15) is 32.3 Å². The molecule has 0 spiro atoms. The predicted molar refractivity (Wildman–Crippen MR) is 78.9 cm³/mol. The second-order valence-corrected chi connectivity index (χ2v) is 6.79. The van der Waals surface area contributed by atoms with Gasteiger partial charge in [0.25, 0.3) is 0 Å². The lowest BCUT2D eigenvalue weighted by Gasteiger charge is -2.31. The summed E-state index contributed by atoms with van der Waals surface area (Å²) in [7, 11) is -3.66. The lowest BCUT2D eigenvalue weighted by Crippen LogP contribution is -2.52. The highest BCUT2D eigenvalue weighted by molar-refractivity contribution is 7.89. The molecule has 0 aliphatic carbocycles. The molecule has 1 rings (SSSR count). The van der Waals surface area contributed by atoms with Crippen LogP contribution in [0.5, 0.6) is 0 Å². The smallest absolute Gasteiger partial charge is 0.242 e. The Hall–Kier alpha value is -0.620. The first-order valence-corrected chi connectivity index (χ1v) is 8.16. The van der Waals surface area contributed by atoms with Gasteiger partial charge in [-0.25, -0.2) is 13.1 Å². The largest absolute Gasteiger partial charge is 0.329 e. The first-order chi connectivity index (χ1) is 8.80. The Balaban J connectivity index is 3.17. The van der Waals surface area contributed by atoms with Crippen molar-refractivity contribution in [2.24, 2.45) is 5.73 Å². The van der Waals surface area contributed by atoms with Gasteiger partial charge in [-0.1, -0.05) is 31.5 Å². The first kappa shape index (κ1) is 16.4. The van der Waals surface area contributed by atoms with Crippen molar-refractivity contribution >= 4 is 21.6 Å². The topological polar surface area (TPSA) is 72.2 Å². The zero-order valence-corrected chi connectivity index (χ0v) is 13.1. The summed E-state index contributed by atoms with van der Waals surface area (Å²) in [5, 5.41) is 0.227. The number of benzene rings is 1. The number of halogens is 1. The molecule has 0 heterocycles. The molecule has 4 nitrogen and oxygen atoms in total. The molecule has 0 aliphatic rings. The molecule has 0 atom stereocenters. The second kappa shape index (κ2) is 6.22. The average molecular weight is 305 g/mol. The number of hydrogen-bond acceptors (Lipinski definition) is 3. The fourth-order valence-electron chi connectivity index (χ4n) is 1.89. The highest BCUT2D eigenvalue weighted by atomic mass is 35.5.